The van der Waals surface area contributed by atoms with Gasteiger partial charge in [0.05, 0.1) is 0 Å². The minimum Gasteiger partial charge on any atom is -0.342 e. The molecule has 6 nitrogen and oxygen atoms in total. The van der Waals surface area contributed by atoms with Crippen molar-refractivity contribution >= 4 is 28.5 Å². The summed E-state index contributed by atoms with van der Waals surface area (Å²) in [6.45, 7) is 6.91. The smallest absolute Gasteiger partial charge is 0.229 e. The summed E-state index contributed by atoms with van der Waals surface area (Å²) >= 11 is 1.19. The Morgan fingerprint density at radius 3 is 2.50 bits per heavy atom. The maximum Gasteiger partial charge on any atom is 0.229 e. The fourth-order valence-electron chi connectivity index (χ4n) is 2.28. The predicted octanol–water partition coefficient (Wildman–Crippen LogP) is 1.68. The van der Waals surface area contributed by atoms with Crippen LogP contribution in [0.3, 0.4) is 0 Å². The molecule has 2 heterocycles. The summed E-state index contributed by atoms with van der Waals surface area (Å²) in [5.41, 5.74) is 0. The highest BCUT2D eigenvalue weighted by Gasteiger charge is 2.28. The van der Waals surface area contributed by atoms with E-state index >= 15 is 0 Å². The first-order valence-corrected chi connectivity index (χ1v) is 7.64. The summed E-state index contributed by atoms with van der Waals surface area (Å²) in [6, 6.07) is 0. The van der Waals surface area contributed by atoms with Gasteiger partial charge in [-0.25, -0.2) is 4.98 Å². The number of aryl methyl sites for hydroxylation is 1. The van der Waals surface area contributed by atoms with E-state index in [4.69, 9.17) is 0 Å². The van der Waals surface area contributed by atoms with Gasteiger partial charge in [0, 0.05) is 36.5 Å². The van der Waals surface area contributed by atoms with Gasteiger partial charge in [-0.2, -0.15) is 4.37 Å². The third kappa shape index (κ3) is 3.53. The summed E-state index contributed by atoms with van der Waals surface area (Å²) in [6.07, 6.45) is 1.42. The van der Waals surface area contributed by atoms with Gasteiger partial charge in [-0.1, -0.05) is 13.8 Å². The largest absolute Gasteiger partial charge is 0.342 e. The molecule has 1 fully saturated rings. The normalized spacial score (nSPS) is 16.5. The van der Waals surface area contributed by atoms with Crippen molar-refractivity contribution in [1.82, 2.24) is 14.3 Å². The Morgan fingerprint density at radius 2 is 2.00 bits per heavy atom. The number of nitrogens with zero attached hydrogens (tertiary/aromatic N) is 3. The third-order valence-electron chi connectivity index (χ3n) is 3.43. The minimum absolute atomic E-state index is 0.0159. The number of carbonyl (C=O) groups is 2. The molecule has 1 aromatic rings. The van der Waals surface area contributed by atoms with Crippen LogP contribution in [0.4, 0.5) is 5.13 Å². The van der Waals surface area contributed by atoms with Gasteiger partial charge in [0.2, 0.25) is 16.9 Å². The lowest BCUT2D eigenvalue weighted by atomic mass is 9.95. The van der Waals surface area contributed by atoms with Crippen molar-refractivity contribution < 1.29 is 9.59 Å². The Bertz CT molecular complexity index is 492. The number of hydrogen-bond acceptors (Lipinski definition) is 5. The average molecular weight is 296 g/mol. The van der Waals surface area contributed by atoms with Crippen molar-refractivity contribution in [2.24, 2.45) is 11.8 Å². The number of hydrogen-bond donors (Lipinski definition) is 1. The van der Waals surface area contributed by atoms with Crippen LogP contribution in [-0.2, 0) is 9.59 Å². The number of carbonyl (C=O) groups excluding carboxylic acids is 2. The van der Waals surface area contributed by atoms with Crippen molar-refractivity contribution in [3.05, 3.63) is 5.82 Å². The lowest BCUT2D eigenvalue weighted by Gasteiger charge is -2.32. The SMILES string of the molecule is Cc1nsc(NC(=O)C2CCN(C(=O)C(C)C)CC2)n1. The Hall–Kier alpha value is -1.50. The molecular weight excluding hydrogens is 276 g/mol. The van der Waals surface area contributed by atoms with Gasteiger partial charge >= 0.3 is 0 Å². The molecule has 0 aromatic carbocycles. The van der Waals surface area contributed by atoms with Gasteiger partial charge in [0.15, 0.2) is 0 Å². The fraction of sp³-hybridized carbons (Fsp3) is 0.692. The van der Waals surface area contributed by atoms with Crippen LogP contribution in [0.1, 0.15) is 32.5 Å². The first kappa shape index (κ1) is 14.9. The summed E-state index contributed by atoms with van der Waals surface area (Å²) < 4.78 is 4.03. The number of anilines is 1. The first-order valence-electron chi connectivity index (χ1n) is 6.87. The molecule has 2 rings (SSSR count). The van der Waals surface area contributed by atoms with Crippen molar-refractivity contribution in [1.29, 1.82) is 0 Å². The Balaban J connectivity index is 1.84. The average Bonchev–Trinajstić information content (AvgIpc) is 2.83. The monoisotopic (exact) mass is 296 g/mol. The molecular formula is C13H20N4O2S. The molecule has 2 amide bonds. The number of aromatic nitrogens is 2. The van der Waals surface area contributed by atoms with E-state index in [1.165, 1.54) is 11.5 Å². The van der Waals surface area contributed by atoms with E-state index in [-0.39, 0.29) is 23.7 Å². The van der Waals surface area contributed by atoms with Crippen LogP contribution in [0.25, 0.3) is 0 Å². The van der Waals surface area contributed by atoms with E-state index < -0.39 is 0 Å². The van der Waals surface area contributed by atoms with E-state index in [1.807, 2.05) is 18.7 Å². The van der Waals surface area contributed by atoms with Gasteiger partial charge in [-0.15, -0.1) is 0 Å². The molecule has 0 bridgehead atoms. The molecule has 1 N–H and O–H groups in total. The predicted molar refractivity (Wildman–Crippen MR) is 77.4 cm³/mol. The summed E-state index contributed by atoms with van der Waals surface area (Å²) in [5, 5.41) is 3.35. The maximum atomic E-state index is 12.1. The second-order valence-electron chi connectivity index (χ2n) is 5.39. The topological polar surface area (TPSA) is 75.2 Å². The van der Waals surface area contributed by atoms with Crippen LogP contribution in [0.15, 0.2) is 0 Å². The van der Waals surface area contributed by atoms with Crippen LogP contribution < -0.4 is 5.32 Å². The molecule has 110 valence electrons. The Labute approximate surface area is 122 Å². The van der Waals surface area contributed by atoms with E-state index in [9.17, 15) is 9.59 Å². The highest BCUT2D eigenvalue weighted by Crippen LogP contribution is 2.21. The van der Waals surface area contributed by atoms with Crippen molar-refractivity contribution in [2.45, 2.75) is 33.6 Å². The van der Waals surface area contributed by atoms with Crippen LogP contribution in [0, 0.1) is 18.8 Å². The Kier molecular flexibility index (Phi) is 4.69. The quantitative estimate of drug-likeness (QED) is 0.921. The second kappa shape index (κ2) is 6.30. The van der Waals surface area contributed by atoms with Gasteiger partial charge in [0.25, 0.3) is 0 Å². The fourth-order valence-corrected chi connectivity index (χ4v) is 2.86. The number of rotatable bonds is 3. The van der Waals surface area contributed by atoms with Crippen LogP contribution >= 0.6 is 11.5 Å². The lowest BCUT2D eigenvalue weighted by Crippen LogP contribution is -2.43. The second-order valence-corrected chi connectivity index (χ2v) is 6.14. The Morgan fingerprint density at radius 1 is 1.35 bits per heavy atom. The van der Waals surface area contributed by atoms with E-state index in [2.05, 4.69) is 14.7 Å². The molecule has 0 aliphatic carbocycles. The molecule has 0 atom stereocenters. The molecule has 20 heavy (non-hydrogen) atoms. The van der Waals surface area contributed by atoms with E-state index in [1.54, 1.807) is 6.92 Å². The lowest BCUT2D eigenvalue weighted by molar-refractivity contribution is -0.137. The zero-order valence-electron chi connectivity index (χ0n) is 12.0. The molecule has 1 aliphatic rings. The van der Waals surface area contributed by atoms with Gasteiger partial charge in [0.1, 0.15) is 5.82 Å². The first-order chi connectivity index (χ1) is 9.47. The highest BCUT2D eigenvalue weighted by atomic mass is 32.1. The molecule has 0 saturated carbocycles. The molecule has 1 aliphatic heterocycles. The molecule has 0 spiro atoms. The van der Waals surface area contributed by atoms with Crippen LogP contribution in [-0.4, -0.2) is 39.2 Å². The maximum absolute atomic E-state index is 12.1. The van der Waals surface area contributed by atoms with E-state index in [0.717, 1.165) is 0 Å². The number of likely N-dealkylation sites (tertiary alicyclic amines) is 1. The van der Waals surface area contributed by atoms with Crippen LogP contribution in [0.5, 0.6) is 0 Å². The number of nitrogens with one attached hydrogen (secondary N) is 1. The van der Waals surface area contributed by atoms with Crippen molar-refractivity contribution in [3.63, 3.8) is 0 Å². The zero-order chi connectivity index (χ0) is 14.7. The summed E-state index contributed by atoms with van der Waals surface area (Å²) in [4.78, 5) is 30.0. The summed E-state index contributed by atoms with van der Waals surface area (Å²) in [5.74, 6) is 0.796. The number of piperidine rings is 1. The summed E-state index contributed by atoms with van der Waals surface area (Å²) in [7, 11) is 0. The minimum atomic E-state index is -0.0459. The van der Waals surface area contributed by atoms with Crippen molar-refractivity contribution in [2.75, 3.05) is 18.4 Å². The standard InChI is InChI=1S/C13H20N4O2S/c1-8(2)12(19)17-6-4-10(5-7-17)11(18)15-13-14-9(3)16-20-13/h8,10H,4-7H2,1-3H3,(H,14,15,16,18). The highest BCUT2D eigenvalue weighted by molar-refractivity contribution is 7.09. The van der Waals surface area contributed by atoms with Gasteiger partial charge < -0.3 is 10.2 Å². The molecule has 0 radical (unpaired) electrons. The molecule has 7 heteroatoms. The number of amides is 2. The van der Waals surface area contributed by atoms with E-state index in [0.29, 0.717) is 36.9 Å². The van der Waals surface area contributed by atoms with Crippen molar-refractivity contribution in [3.8, 4) is 0 Å². The third-order valence-corrected chi connectivity index (χ3v) is 4.15. The zero-order valence-corrected chi connectivity index (χ0v) is 12.9. The molecule has 1 aromatic heterocycles. The molecule has 1 saturated heterocycles. The van der Waals surface area contributed by atoms with Gasteiger partial charge in [-0.3, -0.25) is 9.59 Å². The molecule has 0 unspecified atom stereocenters. The van der Waals surface area contributed by atoms with Gasteiger partial charge in [-0.05, 0) is 19.8 Å². The van der Waals surface area contributed by atoms with Crippen LogP contribution in [0.2, 0.25) is 0 Å².